The number of aromatic amines is 1. The van der Waals surface area contributed by atoms with E-state index < -0.39 is 0 Å². The van der Waals surface area contributed by atoms with E-state index >= 15 is 0 Å². The predicted octanol–water partition coefficient (Wildman–Crippen LogP) is 2.98. The van der Waals surface area contributed by atoms with Crippen LogP contribution >= 0.6 is 11.8 Å². The summed E-state index contributed by atoms with van der Waals surface area (Å²) < 4.78 is 0. The number of hydrogen-bond acceptors (Lipinski definition) is 4. The number of hydrogen-bond donors (Lipinski definition) is 1. The van der Waals surface area contributed by atoms with Gasteiger partial charge in [-0.05, 0) is 12.1 Å². The first-order valence-electron chi connectivity index (χ1n) is 5.33. The predicted molar refractivity (Wildman–Crippen MR) is 69.2 cm³/mol. The number of nitriles is 1. The summed E-state index contributed by atoms with van der Waals surface area (Å²) in [5.41, 5.74) is 1.43. The van der Waals surface area contributed by atoms with Gasteiger partial charge in [-0.3, -0.25) is 0 Å². The zero-order chi connectivity index (χ0) is 12.4. The molecule has 1 N–H and O–H groups in total. The van der Waals surface area contributed by atoms with Gasteiger partial charge >= 0.3 is 0 Å². The molecule has 0 atom stereocenters. The third-order valence-electron chi connectivity index (χ3n) is 2.46. The Morgan fingerprint density at radius 1 is 1.17 bits per heavy atom. The zero-order valence-corrected chi connectivity index (χ0v) is 10.1. The minimum Gasteiger partial charge on any atom is -0.349 e. The fraction of sp³-hybridized carbons (Fsp3) is 0. The number of aromatic nitrogens is 3. The minimum atomic E-state index is 0.330. The Morgan fingerprint density at radius 3 is 2.78 bits per heavy atom. The molecule has 86 valence electrons. The Bertz CT molecular complexity index is 692. The van der Waals surface area contributed by atoms with E-state index in [1.807, 2.05) is 24.3 Å². The summed E-state index contributed by atoms with van der Waals surface area (Å²) in [5, 5.41) is 11.6. The molecule has 0 radical (unpaired) electrons. The van der Waals surface area contributed by atoms with Gasteiger partial charge in [0.1, 0.15) is 11.1 Å². The maximum absolute atomic E-state index is 8.65. The van der Waals surface area contributed by atoms with Crippen molar-refractivity contribution >= 4 is 22.7 Å². The number of rotatable bonds is 2. The molecular formula is C13H8N4S. The zero-order valence-electron chi connectivity index (χ0n) is 9.29. The van der Waals surface area contributed by atoms with E-state index in [4.69, 9.17) is 5.26 Å². The first-order chi connectivity index (χ1) is 8.85. The monoisotopic (exact) mass is 252 g/mol. The van der Waals surface area contributed by atoms with E-state index in [0.29, 0.717) is 5.69 Å². The highest BCUT2D eigenvalue weighted by Crippen LogP contribution is 2.27. The van der Waals surface area contributed by atoms with E-state index in [1.54, 1.807) is 6.20 Å². The third-order valence-corrected chi connectivity index (χ3v) is 3.32. The Kier molecular flexibility index (Phi) is 2.71. The van der Waals surface area contributed by atoms with Gasteiger partial charge in [-0.2, -0.15) is 5.26 Å². The molecule has 2 aromatic heterocycles. The van der Waals surface area contributed by atoms with Crippen LogP contribution in [0.2, 0.25) is 0 Å². The van der Waals surface area contributed by atoms with E-state index in [2.05, 4.69) is 27.1 Å². The molecule has 0 fully saturated rings. The van der Waals surface area contributed by atoms with Gasteiger partial charge in [-0.15, -0.1) is 0 Å². The van der Waals surface area contributed by atoms with Crippen LogP contribution in [0.4, 0.5) is 0 Å². The highest BCUT2D eigenvalue weighted by atomic mass is 32.2. The Labute approximate surface area is 108 Å². The number of H-pyrrole nitrogens is 1. The van der Waals surface area contributed by atoms with Crippen LogP contribution in [0, 0.1) is 11.3 Å². The largest absolute Gasteiger partial charge is 0.349 e. The van der Waals surface area contributed by atoms with Crippen molar-refractivity contribution in [3.05, 3.63) is 48.4 Å². The molecular weight excluding hydrogens is 244 g/mol. The molecule has 0 bridgehead atoms. The fourth-order valence-electron chi connectivity index (χ4n) is 1.64. The van der Waals surface area contributed by atoms with Crippen LogP contribution in [-0.4, -0.2) is 15.0 Å². The lowest BCUT2D eigenvalue weighted by Gasteiger charge is -1.96. The number of benzene rings is 1. The van der Waals surface area contributed by atoms with Crippen LogP contribution in [0.3, 0.4) is 0 Å². The lowest BCUT2D eigenvalue weighted by atomic mass is 10.3. The highest BCUT2D eigenvalue weighted by Gasteiger charge is 2.03. The third kappa shape index (κ3) is 2.06. The molecule has 1 aromatic carbocycles. The topological polar surface area (TPSA) is 65.4 Å². The van der Waals surface area contributed by atoms with Crippen molar-refractivity contribution in [3.8, 4) is 6.07 Å². The second-order valence-electron chi connectivity index (χ2n) is 3.67. The number of nitrogens with zero attached hydrogens (tertiary/aromatic N) is 3. The van der Waals surface area contributed by atoms with Crippen LogP contribution in [0.5, 0.6) is 0 Å². The molecule has 0 saturated heterocycles. The van der Waals surface area contributed by atoms with E-state index in [1.165, 1.54) is 23.3 Å². The smallest absolute Gasteiger partial charge is 0.158 e. The quantitative estimate of drug-likeness (QED) is 0.761. The summed E-state index contributed by atoms with van der Waals surface area (Å²) >= 11 is 1.49. The Hall–Kier alpha value is -2.32. The van der Waals surface area contributed by atoms with Crippen LogP contribution in [0.25, 0.3) is 10.9 Å². The molecule has 18 heavy (non-hydrogen) atoms. The minimum absolute atomic E-state index is 0.330. The van der Waals surface area contributed by atoms with Gasteiger partial charge in [0.15, 0.2) is 5.69 Å². The first kappa shape index (κ1) is 10.8. The van der Waals surface area contributed by atoms with Crippen LogP contribution in [0.15, 0.2) is 52.8 Å². The van der Waals surface area contributed by atoms with Crippen molar-refractivity contribution in [2.24, 2.45) is 0 Å². The average Bonchev–Trinajstić information content (AvgIpc) is 2.82. The maximum Gasteiger partial charge on any atom is 0.158 e. The average molecular weight is 252 g/mol. The number of nitrogens with one attached hydrogen (secondary N) is 1. The summed E-state index contributed by atoms with van der Waals surface area (Å²) in [6, 6.07) is 12.1. The highest BCUT2D eigenvalue weighted by molar-refractivity contribution is 7.99. The second kappa shape index (κ2) is 4.51. The van der Waals surface area contributed by atoms with Gasteiger partial charge in [0.2, 0.25) is 0 Å². The van der Waals surface area contributed by atoms with E-state index in [9.17, 15) is 0 Å². The van der Waals surface area contributed by atoms with E-state index in [0.717, 1.165) is 15.6 Å². The molecule has 0 saturated carbocycles. The molecule has 0 unspecified atom stereocenters. The summed E-state index contributed by atoms with van der Waals surface area (Å²) in [7, 11) is 0. The maximum atomic E-state index is 8.65. The van der Waals surface area contributed by atoms with Gasteiger partial charge in [-0.25, -0.2) is 9.97 Å². The van der Waals surface area contributed by atoms with Gasteiger partial charge in [0.25, 0.3) is 0 Å². The molecule has 2 heterocycles. The van der Waals surface area contributed by atoms with Crippen molar-refractivity contribution < 1.29 is 0 Å². The van der Waals surface area contributed by atoms with Crippen LogP contribution < -0.4 is 0 Å². The number of para-hydroxylation sites is 1. The van der Waals surface area contributed by atoms with Gasteiger partial charge < -0.3 is 4.98 Å². The molecule has 0 aliphatic heterocycles. The lowest BCUT2D eigenvalue weighted by Crippen LogP contribution is -1.86. The van der Waals surface area contributed by atoms with Crippen molar-refractivity contribution in [3.63, 3.8) is 0 Å². The summed E-state index contributed by atoms with van der Waals surface area (Å²) in [6.07, 6.45) is 3.08. The van der Waals surface area contributed by atoms with Crippen molar-refractivity contribution in [2.75, 3.05) is 0 Å². The summed E-state index contributed by atoms with van der Waals surface area (Å²) in [6.45, 7) is 0. The molecule has 0 aliphatic rings. The second-order valence-corrected chi connectivity index (χ2v) is 4.74. The van der Waals surface area contributed by atoms with Crippen LogP contribution in [-0.2, 0) is 0 Å². The van der Waals surface area contributed by atoms with Gasteiger partial charge in [0.05, 0.1) is 17.4 Å². The molecule has 4 nitrogen and oxygen atoms in total. The number of fused-ring (bicyclic) bond motifs is 1. The molecule has 0 spiro atoms. The molecule has 0 amide bonds. The summed E-state index contributed by atoms with van der Waals surface area (Å²) in [4.78, 5) is 11.5. The van der Waals surface area contributed by atoms with Gasteiger partial charge in [0, 0.05) is 10.9 Å². The fourth-order valence-corrected chi connectivity index (χ4v) is 2.42. The molecule has 5 heteroatoms. The van der Waals surface area contributed by atoms with Crippen LogP contribution in [0.1, 0.15) is 5.69 Å². The van der Waals surface area contributed by atoms with Crippen molar-refractivity contribution in [2.45, 2.75) is 10.1 Å². The van der Waals surface area contributed by atoms with E-state index in [-0.39, 0.29) is 0 Å². The first-order valence-corrected chi connectivity index (χ1v) is 6.14. The Balaban J connectivity index is 1.89. The SMILES string of the molecule is N#Cc1cnc(Sc2cc3ccccc3[nH]2)cn1. The molecule has 0 aliphatic carbocycles. The molecule has 3 aromatic rings. The molecule has 3 rings (SSSR count). The van der Waals surface area contributed by atoms with Gasteiger partial charge in [-0.1, -0.05) is 30.0 Å². The Morgan fingerprint density at radius 2 is 2.06 bits per heavy atom. The summed E-state index contributed by atoms with van der Waals surface area (Å²) in [5.74, 6) is 0. The van der Waals surface area contributed by atoms with Crippen molar-refractivity contribution in [1.29, 1.82) is 5.26 Å². The lowest BCUT2D eigenvalue weighted by molar-refractivity contribution is 1.03. The normalized spacial score (nSPS) is 10.4. The van der Waals surface area contributed by atoms with Crippen molar-refractivity contribution in [1.82, 2.24) is 15.0 Å². The standard InChI is InChI=1S/C13H8N4S/c14-6-10-7-16-13(8-15-10)18-12-5-9-3-1-2-4-11(9)17-12/h1-5,7-8,17H.